The molecule has 0 aliphatic heterocycles. The number of hydrogen-bond acceptors (Lipinski definition) is 7. The molecular weight excluding hydrogens is 334 g/mol. The van der Waals surface area contributed by atoms with Crippen molar-refractivity contribution in [3.8, 4) is 0 Å². The van der Waals surface area contributed by atoms with Crippen LogP contribution in [0.3, 0.4) is 0 Å². The smallest absolute Gasteiger partial charge is 0.297 e. The normalized spacial score (nSPS) is 11.2. The molecule has 0 amide bonds. The Kier molecular flexibility index (Phi) is 5.05. The molecule has 9 heteroatoms. The first-order valence-electron chi connectivity index (χ1n) is 7.05. The topological polar surface area (TPSA) is 125 Å². The molecule has 0 unspecified atom stereocenters. The molecule has 24 heavy (non-hydrogen) atoms. The molecule has 2 aromatic rings. The summed E-state index contributed by atoms with van der Waals surface area (Å²) in [4.78, 5) is 10.3. The van der Waals surface area contributed by atoms with Crippen molar-refractivity contribution in [1.29, 1.82) is 0 Å². The van der Waals surface area contributed by atoms with E-state index in [9.17, 15) is 18.5 Å². The van der Waals surface area contributed by atoms with Crippen molar-refractivity contribution in [2.24, 2.45) is 0 Å². The number of hydrogen-bond donors (Lipinski definition) is 2. The van der Waals surface area contributed by atoms with Crippen LogP contribution in [0.4, 0.5) is 22.7 Å². The van der Waals surface area contributed by atoms with Crippen LogP contribution in [0.25, 0.3) is 0 Å². The molecule has 128 valence electrons. The fourth-order valence-corrected chi connectivity index (χ4v) is 2.96. The van der Waals surface area contributed by atoms with Crippen LogP contribution in [0.15, 0.2) is 41.3 Å². The van der Waals surface area contributed by atoms with E-state index in [2.05, 4.69) is 9.50 Å². The Morgan fingerprint density at radius 1 is 1.25 bits per heavy atom. The van der Waals surface area contributed by atoms with Gasteiger partial charge in [-0.1, -0.05) is 6.07 Å². The summed E-state index contributed by atoms with van der Waals surface area (Å²) < 4.78 is 28.4. The highest BCUT2D eigenvalue weighted by Gasteiger charge is 2.22. The predicted octanol–water partition coefficient (Wildman–Crippen LogP) is 2.95. The summed E-state index contributed by atoms with van der Waals surface area (Å²) >= 11 is 0. The van der Waals surface area contributed by atoms with Crippen LogP contribution in [0, 0.1) is 17.0 Å². The summed E-state index contributed by atoms with van der Waals surface area (Å²) in [6.45, 7) is 3.30. The second-order valence-corrected chi connectivity index (χ2v) is 6.61. The Morgan fingerprint density at radius 3 is 2.54 bits per heavy atom. The summed E-state index contributed by atoms with van der Waals surface area (Å²) in [7, 11) is -4.02. The molecule has 0 aromatic heterocycles. The fraction of sp³-hybridized carbons (Fsp3) is 0.200. The van der Waals surface area contributed by atoms with E-state index in [1.807, 2.05) is 6.92 Å². The van der Waals surface area contributed by atoms with E-state index >= 15 is 0 Å². The van der Waals surface area contributed by atoms with Gasteiger partial charge in [0.25, 0.3) is 15.8 Å². The van der Waals surface area contributed by atoms with Crippen LogP contribution in [-0.4, -0.2) is 19.9 Å². The maximum atomic E-state index is 11.9. The maximum absolute atomic E-state index is 11.9. The largest absolute Gasteiger partial charge is 0.398 e. The van der Waals surface area contributed by atoms with Gasteiger partial charge < -0.3 is 11.1 Å². The van der Waals surface area contributed by atoms with Gasteiger partial charge in [0.15, 0.2) is 0 Å². The first-order valence-corrected chi connectivity index (χ1v) is 8.46. The van der Waals surface area contributed by atoms with Crippen molar-refractivity contribution >= 4 is 32.9 Å². The average molecular weight is 351 g/mol. The van der Waals surface area contributed by atoms with Crippen LogP contribution in [0.1, 0.15) is 12.5 Å². The summed E-state index contributed by atoms with van der Waals surface area (Å²) in [5, 5.41) is 14.2. The van der Waals surface area contributed by atoms with Crippen LogP contribution < -0.4 is 11.1 Å². The lowest BCUT2D eigenvalue weighted by Gasteiger charge is -2.10. The van der Waals surface area contributed by atoms with Gasteiger partial charge in [-0.2, -0.15) is 8.42 Å². The quantitative estimate of drug-likeness (QED) is 0.355. The van der Waals surface area contributed by atoms with Crippen molar-refractivity contribution in [2.75, 3.05) is 17.7 Å². The van der Waals surface area contributed by atoms with E-state index in [4.69, 9.17) is 5.73 Å². The minimum absolute atomic E-state index is 0.0568. The molecular formula is C15H17N3O5S. The SMILES string of the molecule is CCOS(=O)(=O)c1ccc(Nc2ccc(C)c(N)c2)c([N+](=O)[O-])c1. The number of nitro groups is 1. The molecule has 0 atom stereocenters. The van der Waals surface area contributed by atoms with Gasteiger partial charge in [0.2, 0.25) is 0 Å². The first-order chi connectivity index (χ1) is 11.2. The van der Waals surface area contributed by atoms with Crippen molar-refractivity contribution in [1.82, 2.24) is 0 Å². The highest BCUT2D eigenvalue weighted by molar-refractivity contribution is 7.86. The van der Waals surface area contributed by atoms with Crippen molar-refractivity contribution in [3.63, 3.8) is 0 Å². The van der Waals surface area contributed by atoms with E-state index in [1.165, 1.54) is 19.1 Å². The number of nitrogens with two attached hydrogens (primary N) is 1. The summed E-state index contributed by atoms with van der Waals surface area (Å²) in [5.41, 5.74) is 7.57. The first kappa shape index (κ1) is 17.7. The van der Waals surface area contributed by atoms with Crippen LogP contribution in [0.5, 0.6) is 0 Å². The Bertz CT molecular complexity index is 881. The van der Waals surface area contributed by atoms with Crippen molar-refractivity contribution < 1.29 is 17.5 Å². The monoisotopic (exact) mass is 351 g/mol. The molecule has 0 bridgehead atoms. The molecule has 2 aromatic carbocycles. The molecule has 0 saturated heterocycles. The van der Waals surface area contributed by atoms with Gasteiger partial charge in [0.1, 0.15) is 10.6 Å². The molecule has 0 heterocycles. The molecule has 8 nitrogen and oxygen atoms in total. The molecule has 3 N–H and O–H groups in total. The van der Waals surface area contributed by atoms with E-state index in [0.29, 0.717) is 11.4 Å². The number of anilines is 3. The number of rotatable bonds is 6. The minimum Gasteiger partial charge on any atom is -0.398 e. The number of nitrogens with zero attached hydrogens (tertiary/aromatic N) is 1. The van der Waals surface area contributed by atoms with Gasteiger partial charge in [-0.15, -0.1) is 0 Å². The average Bonchev–Trinajstić information content (AvgIpc) is 2.51. The number of nitrogen functional groups attached to an aromatic ring is 1. The second kappa shape index (κ2) is 6.85. The van der Waals surface area contributed by atoms with Gasteiger partial charge in [0, 0.05) is 17.4 Å². The predicted molar refractivity (Wildman–Crippen MR) is 90.8 cm³/mol. The van der Waals surface area contributed by atoms with Crippen molar-refractivity contribution in [2.45, 2.75) is 18.7 Å². The number of benzene rings is 2. The maximum Gasteiger partial charge on any atom is 0.297 e. The Morgan fingerprint density at radius 2 is 1.96 bits per heavy atom. The molecule has 0 spiro atoms. The molecule has 0 aliphatic carbocycles. The van der Waals surface area contributed by atoms with Gasteiger partial charge in [0.05, 0.1) is 11.5 Å². The van der Waals surface area contributed by atoms with E-state index in [1.54, 1.807) is 18.2 Å². The van der Waals surface area contributed by atoms with Crippen LogP contribution in [0.2, 0.25) is 0 Å². The van der Waals surface area contributed by atoms with Gasteiger partial charge in [-0.25, -0.2) is 0 Å². The minimum atomic E-state index is -4.02. The third-order valence-electron chi connectivity index (χ3n) is 3.29. The third kappa shape index (κ3) is 3.81. The number of aryl methyl sites for hydroxylation is 1. The molecule has 0 fully saturated rings. The Hall–Kier alpha value is -2.65. The van der Waals surface area contributed by atoms with Crippen molar-refractivity contribution in [3.05, 3.63) is 52.1 Å². The summed E-state index contributed by atoms with van der Waals surface area (Å²) in [6.07, 6.45) is 0. The zero-order chi connectivity index (χ0) is 17.9. The van der Waals surface area contributed by atoms with E-state index in [-0.39, 0.29) is 22.9 Å². The van der Waals surface area contributed by atoms with Gasteiger partial charge >= 0.3 is 0 Å². The molecule has 0 saturated carbocycles. The zero-order valence-corrected chi connectivity index (χ0v) is 14.0. The zero-order valence-electron chi connectivity index (χ0n) is 13.1. The molecule has 0 aliphatic rings. The third-order valence-corrected chi connectivity index (χ3v) is 4.66. The lowest BCUT2D eigenvalue weighted by Crippen LogP contribution is -2.07. The summed E-state index contributed by atoms with van der Waals surface area (Å²) in [6, 6.07) is 8.67. The Labute approximate surface area is 139 Å². The highest BCUT2D eigenvalue weighted by Crippen LogP contribution is 2.31. The second-order valence-electron chi connectivity index (χ2n) is 4.99. The number of nitro benzene ring substituents is 1. The lowest BCUT2D eigenvalue weighted by atomic mass is 10.2. The fourth-order valence-electron chi connectivity index (χ4n) is 2.02. The summed E-state index contributed by atoms with van der Waals surface area (Å²) in [5.74, 6) is 0. The molecule has 2 rings (SSSR count). The van der Waals surface area contributed by atoms with Crippen LogP contribution >= 0.6 is 0 Å². The van der Waals surface area contributed by atoms with Gasteiger partial charge in [-0.3, -0.25) is 14.3 Å². The lowest BCUT2D eigenvalue weighted by molar-refractivity contribution is -0.384. The van der Waals surface area contributed by atoms with Crippen LogP contribution in [-0.2, 0) is 14.3 Å². The Balaban J connectivity index is 2.43. The van der Waals surface area contributed by atoms with Gasteiger partial charge in [-0.05, 0) is 43.7 Å². The molecule has 0 radical (unpaired) electrons. The standard InChI is InChI=1S/C15H17N3O5S/c1-3-23-24(21,22)12-6-7-14(15(9-12)18(19)20)17-11-5-4-10(2)13(16)8-11/h4-9,17H,3,16H2,1-2H3. The number of nitrogens with one attached hydrogen (secondary N) is 1. The van der Waals surface area contributed by atoms with E-state index in [0.717, 1.165) is 11.6 Å². The highest BCUT2D eigenvalue weighted by atomic mass is 32.2. The van der Waals surface area contributed by atoms with E-state index < -0.39 is 15.0 Å².